The van der Waals surface area contributed by atoms with Gasteiger partial charge in [0.1, 0.15) is 5.69 Å². The molecule has 6 rings (SSSR count). The number of amides is 1. The predicted octanol–water partition coefficient (Wildman–Crippen LogP) is 4.98. The number of carbonyl (C=O) groups excluding carboxylic acids is 1. The molecule has 1 N–H and O–H groups in total. The number of nitrogens with zero attached hydrogens (tertiary/aromatic N) is 2. The van der Waals surface area contributed by atoms with Gasteiger partial charge in [-0.25, -0.2) is 0 Å². The van der Waals surface area contributed by atoms with Crippen LogP contribution < -0.4 is 5.32 Å². The molecule has 0 unspecified atom stereocenters. The van der Waals surface area contributed by atoms with Gasteiger partial charge in [0, 0.05) is 41.2 Å². The van der Waals surface area contributed by atoms with Crippen LogP contribution in [0.4, 0.5) is 0 Å². The fourth-order valence-electron chi connectivity index (χ4n) is 6.84. The highest BCUT2D eigenvalue weighted by molar-refractivity contribution is 6.05. The summed E-state index contributed by atoms with van der Waals surface area (Å²) >= 11 is 0. The number of pyridine rings is 1. The fourth-order valence-corrected chi connectivity index (χ4v) is 6.84. The lowest BCUT2D eigenvalue weighted by Crippen LogP contribution is -2.57. The lowest BCUT2D eigenvalue weighted by atomic mass is 9.70. The zero-order chi connectivity index (χ0) is 21.7. The molecule has 4 nitrogen and oxygen atoms in total. The van der Waals surface area contributed by atoms with Crippen molar-refractivity contribution in [1.82, 2.24) is 15.2 Å². The number of rotatable bonds is 3. The van der Waals surface area contributed by atoms with Crippen LogP contribution in [0.1, 0.15) is 55.1 Å². The normalized spacial score (nSPS) is 31.5. The minimum atomic E-state index is 0.114. The summed E-state index contributed by atoms with van der Waals surface area (Å²) in [6.45, 7) is 2.43. The highest BCUT2D eigenvalue weighted by Gasteiger charge is 2.60. The molecule has 32 heavy (non-hydrogen) atoms. The van der Waals surface area contributed by atoms with Gasteiger partial charge in [0.25, 0.3) is 5.91 Å². The second-order valence-electron chi connectivity index (χ2n) is 10.2. The van der Waals surface area contributed by atoms with Gasteiger partial charge in [0.05, 0.1) is 0 Å². The van der Waals surface area contributed by atoms with Gasteiger partial charge in [-0.3, -0.25) is 9.78 Å². The van der Waals surface area contributed by atoms with Crippen molar-refractivity contribution in [3.05, 3.63) is 78.1 Å². The maximum atomic E-state index is 14.2. The first-order chi connectivity index (χ1) is 15.6. The van der Waals surface area contributed by atoms with E-state index in [1.165, 1.54) is 24.8 Å². The van der Waals surface area contributed by atoms with Crippen LogP contribution in [0.3, 0.4) is 0 Å². The molecule has 2 bridgehead atoms. The van der Waals surface area contributed by atoms with E-state index in [9.17, 15) is 4.79 Å². The third kappa shape index (κ3) is 3.07. The maximum Gasteiger partial charge on any atom is 0.273 e. The molecule has 1 amide bonds. The molecule has 1 aromatic heterocycles. The minimum Gasteiger partial charge on any atom is -0.329 e. The first-order valence-corrected chi connectivity index (χ1v) is 12.1. The van der Waals surface area contributed by atoms with Crippen molar-refractivity contribution in [2.24, 2.45) is 5.41 Å². The number of hydrogen-bond acceptors (Lipinski definition) is 3. The molecule has 5 atom stereocenters. The standard InChI is InChI=1S/C28H31N3O/c1-28-18-23-22(17-19-9-3-2-4-10-19)30-24(28)13-7-8-14-25(28)31(23)27(32)26-21-12-6-5-11-20(21)15-16-29-26/h2-6,9-12,15-16,22-25,30H,7-8,13-14,17-18H2,1H3/t22-,23+,24-,25+,28-/m1/s1. The molecule has 2 aliphatic heterocycles. The monoisotopic (exact) mass is 425 g/mol. The van der Waals surface area contributed by atoms with Gasteiger partial charge in [-0.1, -0.05) is 74.4 Å². The summed E-state index contributed by atoms with van der Waals surface area (Å²) < 4.78 is 0. The molecule has 3 aromatic rings. The molecule has 164 valence electrons. The van der Waals surface area contributed by atoms with E-state index in [0.29, 0.717) is 11.7 Å². The smallest absolute Gasteiger partial charge is 0.273 e. The minimum absolute atomic E-state index is 0.114. The summed E-state index contributed by atoms with van der Waals surface area (Å²) in [6.07, 6.45) is 8.57. The Labute approximate surface area is 190 Å². The van der Waals surface area contributed by atoms with Gasteiger partial charge in [-0.15, -0.1) is 0 Å². The fraction of sp³-hybridized carbons (Fsp3) is 0.429. The molecule has 3 heterocycles. The number of aromatic nitrogens is 1. The first-order valence-electron chi connectivity index (χ1n) is 12.1. The molecular weight excluding hydrogens is 394 g/mol. The van der Waals surface area contributed by atoms with E-state index in [2.05, 4.69) is 58.5 Å². The molecule has 0 radical (unpaired) electrons. The first kappa shape index (κ1) is 19.9. The van der Waals surface area contributed by atoms with E-state index in [-0.39, 0.29) is 29.4 Å². The number of piperidine rings is 1. The second-order valence-corrected chi connectivity index (χ2v) is 10.2. The van der Waals surface area contributed by atoms with Crippen LogP contribution in [-0.4, -0.2) is 40.0 Å². The number of fused-ring (bicyclic) bond motifs is 2. The zero-order valence-electron chi connectivity index (χ0n) is 18.7. The van der Waals surface area contributed by atoms with Crippen LogP contribution in [0.25, 0.3) is 10.8 Å². The molecule has 2 aromatic carbocycles. The number of hydrogen-bond donors (Lipinski definition) is 1. The van der Waals surface area contributed by atoms with Gasteiger partial charge in [0.2, 0.25) is 0 Å². The van der Waals surface area contributed by atoms with Crippen LogP contribution in [-0.2, 0) is 6.42 Å². The number of likely N-dealkylation sites (tertiary alicyclic amines) is 1. The van der Waals surface area contributed by atoms with E-state index in [1.807, 2.05) is 24.3 Å². The van der Waals surface area contributed by atoms with E-state index in [0.717, 1.165) is 30.0 Å². The van der Waals surface area contributed by atoms with Crippen LogP contribution in [0.15, 0.2) is 66.9 Å². The Hall–Kier alpha value is -2.72. The Kier molecular flexibility index (Phi) is 4.80. The Morgan fingerprint density at radius 3 is 2.72 bits per heavy atom. The SMILES string of the molecule is C[C@@]12C[C@H]3[C@@H](Cc4ccccc4)N[C@@H]1CCCC[C@@H]2N3C(=O)c1nccc2ccccc12. The molecule has 3 aliphatic rings. The predicted molar refractivity (Wildman–Crippen MR) is 128 cm³/mol. The molecule has 2 saturated heterocycles. The van der Waals surface area contributed by atoms with Crippen LogP contribution in [0, 0.1) is 5.41 Å². The Balaban J connectivity index is 1.42. The zero-order valence-corrected chi connectivity index (χ0v) is 18.7. The number of carbonyl (C=O) groups is 1. The summed E-state index contributed by atoms with van der Waals surface area (Å²) in [7, 11) is 0. The Bertz CT molecular complexity index is 1140. The highest BCUT2D eigenvalue weighted by Crippen LogP contribution is 2.52. The quantitative estimate of drug-likeness (QED) is 0.644. The van der Waals surface area contributed by atoms with Crippen LogP contribution in [0.5, 0.6) is 0 Å². The molecular formula is C28H31N3O. The van der Waals surface area contributed by atoms with E-state index in [1.54, 1.807) is 6.20 Å². The number of nitrogens with one attached hydrogen (secondary N) is 1. The summed E-state index contributed by atoms with van der Waals surface area (Å²) in [4.78, 5) is 21.1. The largest absolute Gasteiger partial charge is 0.329 e. The lowest BCUT2D eigenvalue weighted by molar-refractivity contribution is 0.0608. The average Bonchev–Trinajstić information content (AvgIpc) is 2.97. The summed E-state index contributed by atoms with van der Waals surface area (Å²) in [5.74, 6) is 0.114. The van der Waals surface area contributed by atoms with Crippen LogP contribution >= 0.6 is 0 Å². The maximum absolute atomic E-state index is 14.2. The highest BCUT2D eigenvalue weighted by atomic mass is 16.2. The van der Waals surface area contributed by atoms with Crippen molar-refractivity contribution in [3.63, 3.8) is 0 Å². The van der Waals surface area contributed by atoms with Crippen molar-refractivity contribution in [2.45, 2.75) is 69.6 Å². The topological polar surface area (TPSA) is 45.2 Å². The molecule has 3 fully saturated rings. The van der Waals surface area contributed by atoms with E-state index < -0.39 is 0 Å². The second kappa shape index (κ2) is 7.70. The van der Waals surface area contributed by atoms with Gasteiger partial charge < -0.3 is 10.2 Å². The number of benzene rings is 2. The van der Waals surface area contributed by atoms with Gasteiger partial charge in [0.15, 0.2) is 0 Å². The third-order valence-electron chi connectivity index (χ3n) is 8.41. The van der Waals surface area contributed by atoms with Crippen molar-refractivity contribution in [2.75, 3.05) is 0 Å². The van der Waals surface area contributed by atoms with E-state index in [4.69, 9.17) is 0 Å². The molecule has 0 spiro atoms. The third-order valence-corrected chi connectivity index (χ3v) is 8.41. The Morgan fingerprint density at radius 2 is 1.84 bits per heavy atom. The van der Waals surface area contributed by atoms with Gasteiger partial charge in [-0.2, -0.15) is 0 Å². The van der Waals surface area contributed by atoms with Crippen molar-refractivity contribution < 1.29 is 4.79 Å². The summed E-state index contributed by atoms with van der Waals surface area (Å²) in [5, 5.41) is 6.08. The summed E-state index contributed by atoms with van der Waals surface area (Å²) in [6, 6.07) is 22.1. The average molecular weight is 426 g/mol. The van der Waals surface area contributed by atoms with E-state index >= 15 is 0 Å². The molecule has 1 saturated carbocycles. The van der Waals surface area contributed by atoms with Gasteiger partial charge >= 0.3 is 0 Å². The van der Waals surface area contributed by atoms with Crippen molar-refractivity contribution in [3.8, 4) is 0 Å². The molecule has 4 heteroatoms. The lowest BCUT2D eigenvalue weighted by Gasteiger charge is -2.43. The van der Waals surface area contributed by atoms with Crippen LogP contribution in [0.2, 0.25) is 0 Å². The molecule has 1 aliphatic carbocycles. The van der Waals surface area contributed by atoms with Crippen molar-refractivity contribution in [1.29, 1.82) is 0 Å². The van der Waals surface area contributed by atoms with Crippen molar-refractivity contribution >= 4 is 16.7 Å². The Morgan fingerprint density at radius 1 is 1.06 bits per heavy atom. The van der Waals surface area contributed by atoms with Gasteiger partial charge in [-0.05, 0) is 42.7 Å². The summed E-state index contributed by atoms with van der Waals surface area (Å²) in [5.41, 5.74) is 2.08.